The van der Waals surface area contributed by atoms with E-state index in [9.17, 15) is 9.90 Å². The molecular formula is C19H15ClIN3O2. The van der Waals surface area contributed by atoms with Crippen LogP contribution in [0.15, 0.2) is 48.5 Å². The third kappa shape index (κ3) is 3.71. The van der Waals surface area contributed by atoms with Gasteiger partial charge in [0, 0.05) is 11.0 Å². The van der Waals surface area contributed by atoms with Crippen LogP contribution in [0, 0.1) is 3.70 Å². The molecule has 3 aromatic rings. The van der Waals surface area contributed by atoms with Gasteiger partial charge in [0.1, 0.15) is 14.5 Å². The summed E-state index contributed by atoms with van der Waals surface area (Å²) in [6, 6.07) is 14.4. The highest BCUT2D eigenvalue weighted by molar-refractivity contribution is 14.1. The van der Waals surface area contributed by atoms with Gasteiger partial charge in [0.15, 0.2) is 0 Å². The molecule has 0 fully saturated rings. The smallest absolute Gasteiger partial charge is 0.354 e. The van der Waals surface area contributed by atoms with Crippen molar-refractivity contribution in [3.05, 3.63) is 74.5 Å². The van der Waals surface area contributed by atoms with Crippen molar-refractivity contribution in [2.45, 2.75) is 19.3 Å². The SMILES string of the molecule is CC(C)(c1cccc(C(=O)O)n1)c1cccc(-c2ccc(Cl)nc2I)n1. The monoisotopic (exact) mass is 479 g/mol. The fraction of sp³-hybridized carbons (Fsp3) is 0.158. The molecule has 0 aliphatic carbocycles. The number of carbonyl (C=O) groups is 1. The van der Waals surface area contributed by atoms with Gasteiger partial charge in [0.2, 0.25) is 0 Å². The molecule has 1 N–H and O–H groups in total. The molecule has 5 nitrogen and oxygen atoms in total. The Bertz CT molecular complexity index is 992. The highest BCUT2D eigenvalue weighted by Gasteiger charge is 2.27. The number of pyridine rings is 3. The number of aromatic carboxylic acids is 1. The van der Waals surface area contributed by atoms with Gasteiger partial charge in [-0.15, -0.1) is 0 Å². The number of rotatable bonds is 4. The average Bonchev–Trinajstić information content (AvgIpc) is 2.62. The zero-order valence-electron chi connectivity index (χ0n) is 14.1. The van der Waals surface area contributed by atoms with Crippen LogP contribution in [0.1, 0.15) is 35.7 Å². The molecule has 0 bridgehead atoms. The molecular weight excluding hydrogens is 465 g/mol. The molecule has 0 aromatic carbocycles. The zero-order chi connectivity index (χ0) is 18.9. The van der Waals surface area contributed by atoms with E-state index in [4.69, 9.17) is 16.6 Å². The Balaban J connectivity index is 2.06. The normalized spacial score (nSPS) is 11.4. The molecule has 26 heavy (non-hydrogen) atoms. The second kappa shape index (κ2) is 7.28. The van der Waals surface area contributed by atoms with Gasteiger partial charge in [-0.05, 0) is 72.8 Å². The Morgan fingerprint density at radius 1 is 1.00 bits per heavy atom. The average molecular weight is 480 g/mol. The van der Waals surface area contributed by atoms with Crippen LogP contribution in [-0.2, 0) is 5.41 Å². The van der Waals surface area contributed by atoms with Crippen molar-refractivity contribution < 1.29 is 9.90 Å². The molecule has 3 aromatic heterocycles. The fourth-order valence-electron chi connectivity index (χ4n) is 2.57. The van der Waals surface area contributed by atoms with Gasteiger partial charge < -0.3 is 5.11 Å². The van der Waals surface area contributed by atoms with E-state index in [2.05, 4.69) is 32.6 Å². The van der Waals surface area contributed by atoms with Crippen molar-refractivity contribution in [2.24, 2.45) is 0 Å². The van der Waals surface area contributed by atoms with Gasteiger partial charge >= 0.3 is 5.97 Å². The summed E-state index contributed by atoms with van der Waals surface area (Å²) in [4.78, 5) is 24.6. The van der Waals surface area contributed by atoms with Gasteiger partial charge in [0.25, 0.3) is 0 Å². The molecule has 3 heterocycles. The Kier molecular flexibility index (Phi) is 5.24. The van der Waals surface area contributed by atoms with E-state index in [1.54, 1.807) is 12.1 Å². The minimum absolute atomic E-state index is 0.0168. The molecule has 132 valence electrons. The summed E-state index contributed by atoms with van der Waals surface area (Å²) in [5.41, 5.74) is 2.55. The first-order valence-electron chi connectivity index (χ1n) is 7.80. The van der Waals surface area contributed by atoms with Crippen LogP contribution < -0.4 is 0 Å². The largest absolute Gasteiger partial charge is 0.477 e. The zero-order valence-corrected chi connectivity index (χ0v) is 17.0. The predicted octanol–water partition coefficient (Wildman–Crippen LogP) is 4.82. The lowest BCUT2D eigenvalue weighted by molar-refractivity contribution is 0.0690. The first-order chi connectivity index (χ1) is 12.3. The van der Waals surface area contributed by atoms with Crippen LogP contribution in [0.5, 0.6) is 0 Å². The van der Waals surface area contributed by atoms with E-state index in [1.807, 2.05) is 44.2 Å². The molecule has 0 saturated heterocycles. The van der Waals surface area contributed by atoms with E-state index >= 15 is 0 Å². The van der Waals surface area contributed by atoms with Gasteiger partial charge in [-0.3, -0.25) is 4.98 Å². The van der Waals surface area contributed by atoms with Crippen molar-refractivity contribution in [3.8, 4) is 11.3 Å². The quantitative estimate of drug-likeness (QED) is 0.429. The fourth-order valence-corrected chi connectivity index (χ4v) is 3.58. The Labute approximate surface area is 169 Å². The molecule has 0 radical (unpaired) electrons. The lowest BCUT2D eigenvalue weighted by atomic mass is 9.84. The van der Waals surface area contributed by atoms with E-state index in [0.29, 0.717) is 10.8 Å². The Hall–Kier alpha value is -2.06. The Morgan fingerprint density at radius 3 is 2.31 bits per heavy atom. The summed E-state index contributed by atoms with van der Waals surface area (Å²) in [7, 11) is 0. The van der Waals surface area contributed by atoms with E-state index in [0.717, 1.165) is 20.7 Å². The topological polar surface area (TPSA) is 76.0 Å². The van der Waals surface area contributed by atoms with Crippen molar-refractivity contribution in [2.75, 3.05) is 0 Å². The second-order valence-electron chi connectivity index (χ2n) is 6.22. The van der Waals surface area contributed by atoms with Crippen molar-refractivity contribution in [3.63, 3.8) is 0 Å². The molecule has 0 amide bonds. The number of hydrogen-bond donors (Lipinski definition) is 1. The van der Waals surface area contributed by atoms with Crippen LogP contribution in [0.4, 0.5) is 0 Å². The number of hydrogen-bond acceptors (Lipinski definition) is 4. The summed E-state index contributed by atoms with van der Waals surface area (Å²) in [6.07, 6.45) is 0. The van der Waals surface area contributed by atoms with Crippen molar-refractivity contribution >= 4 is 40.2 Å². The summed E-state index contributed by atoms with van der Waals surface area (Å²) < 4.78 is 0.767. The van der Waals surface area contributed by atoms with Crippen LogP contribution in [0.25, 0.3) is 11.3 Å². The summed E-state index contributed by atoms with van der Waals surface area (Å²) in [6.45, 7) is 3.94. The molecule has 0 spiro atoms. The van der Waals surface area contributed by atoms with Crippen LogP contribution in [0.3, 0.4) is 0 Å². The third-order valence-corrected chi connectivity index (χ3v) is 5.12. The van der Waals surface area contributed by atoms with E-state index in [-0.39, 0.29) is 5.69 Å². The molecule has 0 aliphatic rings. The lowest BCUT2D eigenvalue weighted by Crippen LogP contribution is -2.23. The summed E-state index contributed by atoms with van der Waals surface area (Å²) in [5.74, 6) is -1.05. The minimum Gasteiger partial charge on any atom is -0.477 e. The molecule has 0 saturated carbocycles. The van der Waals surface area contributed by atoms with Gasteiger partial charge in [0.05, 0.1) is 17.1 Å². The van der Waals surface area contributed by atoms with Gasteiger partial charge in [-0.1, -0.05) is 23.7 Å². The molecule has 0 atom stereocenters. The van der Waals surface area contributed by atoms with E-state index < -0.39 is 11.4 Å². The standard InChI is InChI=1S/C19H15ClIN3O2/c1-19(2,15-8-4-6-13(23-15)18(25)26)14-7-3-5-12(22-14)11-9-10-16(20)24-17(11)21/h3-10H,1-2H3,(H,25,26). The number of carboxylic acids is 1. The predicted molar refractivity (Wildman–Crippen MR) is 109 cm³/mol. The van der Waals surface area contributed by atoms with Gasteiger partial charge in [-0.25, -0.2) is 14.8 Å². The molecule has 0 unspecified atom stereocenters. The third-order valence-electron chi connectivity index (χ3n) is 4.09. The Morgan fingerprint density at radius 2 is 1.65 bits per heavy atom. The second-order valence-corrected chi connectivity index (χ2v) is 7.63. The van der Waals surface area contributed by atoms with Crippen molar-refractivity contribution in [1.82, 2.24) is 15.0 Å². The summed E-state index contributed by atoms with van der Waals surface area (Å²) >= 11 is 8.07. The highest BCUT2D eigenvalue weighted by Crippen LogP contribution is 2.31. The van der Waals surface area contributed by atoms with Crippen LogP contribution >= 0.6 is 34.2 Å². The van der Waals surface area contributed by atoms with E-state index in [1.165, 1.54) is 6.07 Å². The maximum Gasteiger partial charge on any atom is 0.354 e. The number of halogens is 2. The number of carboxylic acid groups (broad SMARTS) is 1. The maximum absolute atomic E-state index is 11.2. The maximum atomic E-state index is 11.2. The number of nitrogens with zero attached hydrogens (tertiary/aromatic N) is 3. The van der Waals surface area contributed by atoms with Crippen molar-refractivity contribution in [1.29, 1.82) is 0 Å². The van der Waals surface area contributed by atoms with Crippen LogP contribution in [0.2, 0.25) is 5.15 Å². The summed E-state index contributed by atoms with van der Waals surface area (Å²) in [5, 5.41) is 9.63. The molecule has 0 aliphatic heterocycles. The van der Waals surface area contributed by atoms with Crippen LogP contribution in [-0.4, -0.2) is 26.0 Å². The molecule has 3 rings (SSSR count). The molecule has 7 heteroatoms. The lowest BCUT2D eigenvalue weighted by Gasteiger charge is -2.24. The highest BCUT2D eigenvalue weighted by atomic mass is 127. The number of aromatic nitrogens is 3. The first-order valence-corrected chi connectivity index (χ1v) is 9.25. The minimum atomic E-state index is -1.05. The first kappa shape index (κ1) is 18.7. The van der Waals surface area contributed by atoms with Gasteiger partial charge in [-0.2, -0.15) is 0 Å².